The summed E-state index contributed by atoms with van der Waals surface area (Å²) in [6, 6.07) is 9.81. The molecule has 2 aromatic carbocycles. The molecule has 0 saturated heterocycles. The van der Waals surface area contributed by atoms with E-state index in [1.807, 2.05) is 20.8 Å². The first-order chi connectivity index (χ1) is 17.5. The van der Waals surface area contributed by atoms with Crippen LogP contribution in [0.25, 0.3) is 0 Å². The largest absolute Gasteiger partial charge is 0.454 e. The maximum absolute atomic E-state index is 13.4. The van der Waals surface area contributed by atoms with Gasteiger partial charge in [-0.25, -0.2) is 12.8 Å². The van der Waals surface area contributed by atoms with E-state index in [0.29, 0.717) is 29.2 Å². The van der Waals surface area contributed by atoms with Gasteiger partial charge in [-0.05, 0) is 56.5 Å². The third kappa shape index (κ3) is 7.58. The molecule has 1 aliphatic rings. The Bertz CT molecular complexity index is 1200. The van der Waals surface area contributed by atoms with E-state index in [4.69, 9.17) is 9.47 Å². The number of fused-ring (bicyclic) bond motifs is 1. The fraction of sp³-hybridized carbons (Fsp3) is 0.462. The molecule has 1 heterocycles. The smallest absolute Gasteiger partial charge is 0.243 e. The lowest BCUT2D eigenvalue weighted by atomic mass is 10.1. The van der Waals surface area contributed by atoms with Crippen molar-refractivity contribution in [3.8, 4) is 11.5 Å². The predicted octanol–water partition coefficient (Wildman–Crippen LogP) is 3.43. The summed E-state index contributed by atoms with van der Waals surface area (Å²) in [6.45, 7) is 5.75. The van der Waals surface area contributed by atoms with Crippen LogP contribution in [0.2, 0.25) is 0 Å². The molecule has 3 rings (SSSR count). The molecule has 202 valence electrons. The molecule has 2 aromatic rings. The van der Waals surface area contributed by atoms with Crippen molar-refractivity contribution in [2.24, 2.45) is 0 Å². The molecule has 1 atom stereocenters. The van der Waals surface area contributed by atoms with Gasteiger partial charge < -0.3 is 19.7 Å². The summed E-state index contributed by atoms with van der Waals surface area (Å²) in [5, 5.41) is 2.86. The molecular weight excluding hydrogens is 501 g/mol. The van der Waals surface area contributed by atoms with Gasteiger partial charge in [0.2, 0.25) is 28.6 Å². The average molecular weight is 536 g/mol. The quantitative estimate of drug-likeness (QED) is 0.447. The lowest BCUT2D eigenvalue weighted by Gasteiger charge is -2.31. The van der Waals surface area contributed by atoms with Gasteiger partial charge in [-0.1, -0.05) is 19.1 Å². The van der Waals surface area contributed by atoms with Gasteiger partial charge >= 0.3 is 0 Å². The summed E-state index contributed by atoms with van der Waals surface area (Å²) in [5.41, 5.74) is 1.09. The summed E-state index contributed by atoms with van der Waals surface area (Å²) in [6.07, 6.45) is 1.73. The van der Waals surface area contributed by atoms with Crippen molar-refractivity contribution in [1.29, 1.82) is 0 Å². The fourth-order valence-electron chi connectivity index (χ4n) is 4.13. The number of hydrogen-bond acceptors (Lipinski definition) is 6. The number of amides is 2. The number of halogens is 1. The minimum atomic E-state index is -3.64. The zero-order valence-electron chi connectivity index (χ0n) is 21.6. The molecule has 9 nitrogen and oxygen atoms in total. The highest BCUT2D eigenvalue weighted by Gasteiger charge is 2.29. The van der Waals surface area contributed by atoms with Crippen LogP contribution < -0.4 is 19.1 Å². The topological polar surface area (TPSA) is 105 Å². The number of carbonyl (C=O) groups is 2. The van der Waals surface area contributed by atoms with Gasteiger partial charge in [0.15, 0.2) is 11.5 Å². The van der Waals surface area contributed by atoms with Crippen molar-refractivity contribution in [2.75, 3.05) is 23.9 Å². The van der Waals surface area contributed by atoms with E-state index in [0.717, 1.165) is 6.26 Å². The van der Waals surface area contributed by atoms with E-state index in [1.165, 1.54) is 21.3 Å². The Labute approximate surface area is 217 Å². The van der Waals surface area contributed by atoms with Crippen LogP contribution in [0.5, 0.6) is 11.5 Å². The Morgan fingerprint density at radius 1 is 1.08 bits per heavy atom. The molecule has 0 aliphatic carbocycles. The average Bonchev–Trinajstić information content (AvgIpc) is 3.29. The molecule has 0 fully saturated rings. The van der Waals surface area contributed by atoms with Crippen molar-refractivity contribution in [1.82, 2.24) is 10.2 Å². The Kier molecular flexibility index (Phi) is 9.36. The van der Waals surface area contributed by atoms with Gasteiger partial charge in [-0.2, -0.15) is 0 Å². The Balaban J connectivity index is 1.76. The molecule has 0 aromatic heterocycles. The molecular formula is C26H34FN3O6S. The van der Waals surface area contributed by atoms with Crippen LogP contribution in [0.3, 0.4) is 0 Å². The zero-order valence-corrected chi connectivity index (χ0v) is 22.4. The van der Waals surface area contributed by atoms with Gasteiger partial charge in [-0.15, -0.1) is 0 Å². The highest BCUT2D eigenvalue weighted by atomic mass is 32.2. The number of nitrogens with one attached hydrogen (secondary N) is 1. The number of rotatable bonds is 12. The minimum Gasteiger partial charge on any atom is -0.454 e. The third-order valence-electron chi connectivity index (χ3n) is 5.88. The van der Waals surface area contributed by atoms with Gasteiger partial charge in [0.25, 0.3) is 0 Å². The second kappa shape index (κ2) is 12.3. The van der Waals surface area contributed by atoms with Crippen LogP contribution in [0.4, 0.5) is 10.1 Å². The van der Waals surface area contributed by atoms with E-state index in [-0.39, 0.29) is 50.6 Å². The van der Waals surface area contributed by atoms with E-state index >= 15 is 0 Å². The van der Waals surface area contributed by atoms with Gasteiger partial charge in [0.1, 0.15) is 11.9 Å². The lowest BCUT2D eigenvalue weighted by Crippen LogP contribution is -2.50. The molecule has 0 unspecified atom stereocenters. The van der Waals surface area contributed by atoms with E-state index in [1.54, 1.807) is 30.3 Å². The predicted molar refractivity (Wildman–Crippen MR) is 138 cm³/mol. The lowest BCUT2D eigenvalue weighted by molar-refractivity contribution is -0.141. The van der Waals surface area contributed by atoms with Gasteiger partial charge in [0, 0.05) is 31.6 Å². The number of sulfonamides is 1. The highest BCUT2D eigenvalue weighted by molar-refractivity contribution is 7.92. The molecule has 0 radical (unpaired) electrons. The number of anilines is 1. The molecule has 0 bridgehead atoms. The Hall–Kier alpha value is -3.34. The third-order valence-corrected chi connectivity index (χ3v) is 7.07. The second-order valence-electron chi connectivity index (χ2n) is 9.21. The highest BCUT2D eigenvalue weighted by Crippen LogP contribution is 2.36. The maximum atomic E-state index is 13.4. The number of hydrogen-bond donors (Lipinski definition) is 1. The van der Waals surface area contributed by atoms with Crippen LogP contribution in [0.15, 0.2) is 42.5 Å². The van der Waals surface area contributed by atoms with Crippen molar-refractivity contribution in [2.45, 2.75) is 58.7 Å². The zero-order chi connectivity index (χ0) is 27.2. The van der Waals surface area contributed by atoms with Crippen LogP contribution >= 0.6 is 0 Å². The number of benzene rings is 2. The monoisotopic (exact) mass is 535 g/mol. The van der Waals surface area contributed by atoms with Crippen molar-refractivity contribution in [3.63, 3.8) is 0 Å². The molecule has 11 heteroatoms. The van der Waals surface area contributed by atoms with E-state index in [2.05, 4.69) is 5.32 Å². The number of carbonyl (C=O) groups excluding carboxylic acids is 2. The van der Waals surface area contributed by atoms with Crippen LogP contribution in [0, 0.1) is 5.82 Å². The molecule has 2 amide bonds. The molecule has 1 aliphatic heterocycles. The van der Waals surface area contributed by atoms with Gasteiger partial charge in [-0.3, -0.25) is 13.9 Å². The summed E-state index contributed by atoms with van der Waals surface area (Å²) in [5.74, 6) is 0.0275. The van der Waals surface area contributed by atoms with Crippen LogP contribution in [-0.4, -0.2) is 56.8 Å². The summed E-state index contributed by atoms with van der Waals surface area (Å²) in [4.78, 5) is 27.8. The minimum absolute atomic E-state index is 0.0171. The van der Waals surface area contributed by atoms with Gasteiger partial charge in [0.05, 0.1) is 11.9 Å². The first-order valence-corrected chi connectivity index (χ1v) is 14.1. The normalized spacial score (nSPS) is 13.4. The molecule has 0 spiro atoms. The first kappa shape index (κ1) is 28.2. The standard InChI is InChI=1S/C26H34FN3O6S/c1-5-22(26(32)28-18(2)3)29(16-19-8-10-20(27)11-9-19)25(31)7-6-14-30(37(4,33)34)21-12-13-23-24(15-21)36-17-35-23/h8-13,15,18,22H,5-7,14,16-17H2,1-4H3,(H,28,32)/t22-/m0/s1. The first-order valence-electron chi connectivity index (χ1n) is 12.2. The summed E-state index contributed by atoms with van der Waals surface area (Å²) < 4.78 is 50.4. The summed E-state index contributed by atoms with van der Waals surface area (Å²) in [7, 11) is -3.64. The molecule has 1 N–H and O–H groups in total. The van der Waals surface area contributed by atoms with Crippen LogP contribution in [-0.2, 0) is 26.2 Å². The number of nitrogens with zero attached hydrogens (tertiary/aromatic N) is 2. The van der Waals surface area contributed by atoms with Crippen LogP contribution in [0.1, 0.15) is 45.6 Å². The molecule has 0 saturated carbocycles. The fourth-order valence-corrected chi connectivity index (χ4v) is 5.09. The van der Waals surface area contributed by atoms with Crippen molar-refractivity contribution >= 4 is 27.5 Å². The second-order valence-corrected chi connectivity index (χ2v) is 11.1. The van der Waals surface area contributed by atoms with Crippen molar-refractivity contribution in [3.05, 3.63) is 53.8 Å². The Morgan fingerprint density at radius 3 is 2.38 bits per heavy atom. The molecule has 37 heavy (non-hydrogen) atoms. The maximum Gasteiger partial charge on any atom is 0.243 e. The van der Waals surface area contributed by atoms with E-state index in [9.17, 15) is 22.4 Å². The number of ether oxygens (including phenoxy) is 2. The van der Waals surface area contributed by atoms with Crippen molar-refractivity contribution < 1.29 is 31.9 Å². The van der Waals surface area contributed by atoms with E-state index < -0.39 is 21.9 Å². The Morgan fingerprint density at radius 2 is 1.76 bits per heavy atom. The SMILES string of the molecule is CC[C@@H](C(=O)NC(C)C)N(Cc1ccc(F)cc1)C(=O)CCCN(c1ccc2c(c1)OCO2)S(C)(=O)=O. The summed E-state index contributed by atoms with van der Waals surface area (Å²) >= 11 is 0.